The van der Waals surface area contributed by atoms with Gasteiger partial charge in [-0.25, -0.2) is 0 Å². The maximum Gasteiger partial charge on any atom is 0.0777 e. The van der Waals surface area contributed by atoms with Crippen LogP contribution in [0.4, 0.5) is 0 Å². The first-order chi connectivity index (χ1) is 9.67. The molecule has 0 amide bonds. The molecule has 1 aliphatic carbocycles. The van der Waals surface area contributed by atoms with Crippen LogP contribution in [0.1, 0.15) is 58.8 Å². The standard InChI is InChI=1S/C17H34N2O/c1-4-11-18-16-9-6-5-8-15(16)13-19-12-7-10-17(2,14-19)20-3/h15-16,18H,4-14H2,1-3H3. The summed E-state index contributed by atoms with van der Waals surface area (Å²) in [6.45, 7) is 9.35. The summed E-state index contributed by atoms with van der Waals surface area (Å²) in [6.07, 6.45) is 9.35. The van der Waals surface area contributed by atoms with Crippen molar-refractivity contribution in [3.63, 3.8) is 0 Å². The summed E-state index contributed by atoms with van der Waals surface area (Å²) in [7, 11) is 1.87. The molecule has 0 aromatic carbocycles. The number of ether oxygens (including phenoxy) is 1. The fraction of sp³-hybridized carbons (Fsp3) is 1.00. The van der Waals surface area contributed by atoms with Crippen LogP contribution < -0.4 is 5.32 Å². The van der Waals surface area contributed by atoms with E-state index in [9.17, 15) is 0 Å². The summed E-state index contributed by atoms with van der Waals surface area (Å²) < 4.78 is 5.73. The molecule has 0 aromatic heterocycles. The van der Waals surface area contributed by atoms with Gasteiger partial charge in [0, 0.05) is 26.2 Å². The molecule has 3 atom stereocenters. The SMILES string of the molecule is CCCNC1CCCCC1CN1CCCC(C)(OC)C1. The van der Waals surface area contributed by atoms with Crippen LogP contribution in [0.25, 0.3) is 0 Å². The number of rotatable bonds is 6. The predicted molar refractivity (Wildman–Crippen MR) is 85.1 cm³/mol. The first kappa shape index (κ1) is 16.3. The van der Waals surface area contributed by atoms with Gasteiger partial charge in [0.25, 0.3) is 0 Å². The van der Waals surface area contributed by atoms with Crippen molar-refractivity contribution in [1.29, 1.82) is 0 Å². The monoisotopic (exact) mass is 282 g/mol. The van der Waals surface area contributed by atoms with Crippen LogP contribution in [0, 0.1) is 5.92 Å². The van der Waals surface area contributed by atoms with Crippen LogP contribution in [-0.4, -0.2) is 49.8 Å². The van der Waals surface area contributed by atoms with Crippen LogP contribution in [0.5, 0.6) is 0 Å². The molecule has 2 fully saturated rings. The Morgan fingerprint density at radius 1 is 1.25 bits per heavy atom. The molecule has 118 valence electrons. The second-order valence-electron chi connectivity index (χ2n) is 7.10. The lowest BCUT2D eigenvalue weighted by atomic mass is 9.83. The number of piperidine rings is 1. The second-order valence-corrected chi connectivity index (χ2v) is 7.10. The van der Waals surface area contributed by atoms with Gasteiger partial charge in [-0.05, 0) is 58.0 Å². The van der Waals surface area contributed by atoms with Gasteiger partial charge in [0.15, 0.2) is 0 Å². The lowest BCUT2D eigenvalue weighted by Crippen LogP contribution is -2.51. The van der Waals surface area contributed by atoms with Crippen LogP contribution in [-0.2, 0) is 4.74 Å². The van der Waals surface area contributed by atoms with Gasteiger partial charge >= 0.3 is 0 Å². The first-order valence-corrected chi connectivity index (χ1v) is 8.68. The highest BCUT2D eigenvalue weighted by Gasteiger charge is 2.33. The van der Waals surface area contributed by atoms with Gasteiger partial charge in [-0.1, -0.05) is 19.8 Å². The third-order valence-corrected chi connectivity index (χ3v) is 5.29. The van der Waals surface area contributed by atoms with Crippen molar-refractivity contribution in [3.8, 4) is 0 Å². The molecule has 0 bridgehead atoms. The molecule has 2 aliphatic rings. The smallest absolute Gasteiger partial charge is 0.0777 e. The van der Waals surface area contributed by atoms with Crippen LogP contribution >= 0.6 is 0 Å². The van der Waals surface area contributed by atoms with E-state index in [0.717, 1.165) is 18.5 Å². The summed E-state index contributed by atoms with van der Waals surface area (Å²) >= 11 is 0. The van der Waals surface area contributed by atoms with Gasteiger partial charge in [-0.15, -0.1) is 0 Å². The van der Waals surface area contributed by atoms with Crippen molar-refractivity contribution in [1.82, 2.24) is 10.2 Å². The molecule has 1 heterocycles. The molecule has 1 aliphatic heterocycles. The highest BCUT2D eigenvalue weighted by atomic mass is 16.5. The summed E-state index contributed by atoms with van der Waals surface area (Å²) in [5, 5.41) is 3.79. The van der Waals surface area contributed by atoms with Crippen molar-refractivity contribution in [2.75, 3.05) is 33.3 Å². The molecule has 3 unspecified atom stereocenters. The number of hydrogen-bond donors (Lipinski definition) is 1. The van der Waals surface area contributed by atoms with Gasteiger partial charge in [0.2, 0.25) is 0 Å². The minimum Gasteiger partial charge on any atom is -0.377 e. The molecule has 3 nitrogen and oxygen atoms in total. The number of likely N-dealkylation sites (tertiary alicyclic amines) is 1. The van der Waals surface area contributed by atoms with E-state index < -0.39 is 0 Å². The normalized spacial score (nSPS) is 36.1. The first-order valence-electron chi connectivity index (χ1n) is 8.68. The topological polar surface area (TPSA) is 24.5 Å². The van der Waals surface area contributed by atoms with E-state index in [1.807, 2.05) is 7.11 Å². The highest BCUT2D eigenvalue weighted by Crippen LogP contribution is 2.29. The van der Waals surface area contributed by atoms with Crippen molar-refractivity contribution < 1.29 is 4.74 Å². The Morgan fingerprint density at radius 3 is 2.80 bits per heavy atom. The van der Waals surface area contributed by atoms with Gasteiger partial charge in [-0.3, -0.25) is 0 Å². The zero-order valence-corrected chi connectivity index (χ0v) is 13.8. The predicted octanol–water partition coefficient (Wildman–Crippen LogP) is 3.05. The summed E-state index contributed by atoms with van der Waals surface area (Å²) in [4.78, 5) is 2.66. The lowest BCUT2D eigenvalue weighted by molar-refractivity contribution is -0.0556. The van der Waals surface area contributed by atoms with E-state index in [1.165, 1.54) is 64.6 Å². The molecule has 3 heteroatoms. The Hall–Kier alpha value is -0.120. The van der Waals surface area contributed by atoms with Crippen molar-refractivity contribution in [2.45, 2.75) is 70.4 Å². The molecule has 1 N–H and O–H groups in total. The van der Waals surface area contributed by atoms with E-state index in [2.05, 4.69) is 24.1 Å². The largest absolute Gasteiger partial charge is 0.377 e. The van der Waals surface area contributed by atoms with Gasteiger partial charge in [0.1, 0.15) is 0 Å². The quantitative estimate of drug-likeness (QED) is 0.810. The lowest BCUT2D eigenvalue weighted by Gasteiger charge is -2.43. The zero-order chi connectivity index (χ0) is 14.4. The second kappa shape index (κ2) is 7.77. The Bertz CT molecular complexity index is 284. The number of nitrogens with one attached hydrogen (secondary N) is 1. The maximum atomic E-state index is 5.73. The molecule has 0 radical (unpaired) electrons. The third kappa shape index (κ3) is 4.44. The molecule has 1 saturated heterocycles. The van der Waals surface area contributed by atoms with E-state index in [4.69, 9.17) is 4.74 Å². The summed E-state index contributed by atoms with van der Waals surface area (Å²) in [5.41, 5.74) is 0.0826. The number of methoxy groups -OCH3 is 1. The summed E-state index contributed by atoms with van der Waals surface area (Å²) in [6, 6.07) is 0.749. The van der Waals surface area contributed by atoms with Crippen molar-refractivity contribution >= 4 is 0 Å². The maximum absolute atomic E-state index is 5.73. The highest BCUT2D eigenvalue weighted by molar-refractivity contribution is 4.88. The van der Waals surface area contributed by atoms with Gasteiger partial charge < -0.3 is 15.0 Å². The molecular formula is C17H34N2O. The molecule has 1 saturated carbocycles. The van der Waals surface area contributed by atoms with Crippen LogP contribution in [0.15, 0.2) is 0 Å². The molecule has 20 heavy (non-hydrogen) atoms. The minimum atomic E-state index is 0.0826. The van der Waals surface area contributed by atoms with E-state index in [0.29, 0.717) is 0 Å². The van der Waals surface area contributed by atoms with Crippen LogP contribution in [0.2, 0.25) is 0 Å². The summed E-state index contributed by atoms with van der Waals surface area (Å²) in [5.74, 6) is 0.842. The average Bonchev–Trinajstić information content (AvgIpc) is 2.46. The Labute approximate surface area is 125 Å². The number of hydrogen-bond acceptors (Lipinski definition) is 3. The van der Waals surface area contributed by atoms with Gasteiger partial charge in [-0.2, -0.15) is 0 Å². The molecular weight excluding hydrogens is 248 g/mol. The zero-order valence-electron chi connectivity index (χ0n) is 13.8. The van der Waals surface area contributed by atoms with Crippen molar-refractivity contribution in [3.05, 3.63) is 0 Å². The molecule has 0 aromatic rings. The Morgan fingerprint density at radius 2 is 2.05 bits per heavy atom. The Balaban J connectivity index is 1.86. The van der Waals surface area contributed by atoms with E-state index in [-0.39, 0.29) is 5.60 Å². The molecule has 0 spiro atoms. The Kier molecular flexibility index (Phi) is 6.31. The third-order valence-electron chi connectivity index (χ3n) is 5.29. The van der Waals surface area contributed by atoms with Crippen molar-refractivity contribution in [2.24, 2.45) is 5.92 Å². The number of nitrogens with zero attached hydrogens (tertiary/aromatic N) is 1. The van der Waals surface area contributed by atoms with E-state index in [1.54, 1.807) is 0 Å². The average molecular weight is 282 g/mol. The fourth-order valence-corrected chi connectivity index (χ4v) is 3.99. The molecule has 2 rings (SSSR count). The van der Waals surface area contributed by atoms with Gasteiger partial charge in [0.05, 0.1) is 5.60 Å². The van der Waals surface area contributed by atoms with Crippen LogP contribution in [0.3, 0.4) is 0 Å². The minimum absolute atomic E-state index is 0.0826. The fourth-order valence-electron chi connectivity index (χ4n) is 3.99. The van der Waals surface area contributed by atoms with E-state index >= 15 is 0 Å².